The molecule has 0 fully saturated rings. The van der Waals surface area contributed by atoms with Gasteiger partial charge in [0, 0.05) is 0 Å². The Morgan fingerprint density at radius 3 is 1.94 bits per heavy atom. The van der Waals surface area contributed by atoms with Gasteiger partial charge in [0.25, 0.3) is 0 Å². The first-order chi connectivity index (χ1) is 8.03. The van der Waals surface area contributed by atoms with E-state index in [1.165, 1.54) is 13.8 Å². The standard InChI is InChI=1S/C11H20N2O5/c1-6(8(14)12-7(2)9(15)16)13-10(17)18-11(3,4)5/h6-7H,1-5H3,(H,12,14)(H,13,17)(H,15,16)/t6-,7+/m1/s1. The van der Waals surface area contributed by atoms with Crippen LogP contribution in [0.5, 0.6) is 0 Å². The lowest BCUT2D eigenvalue weighted by Gasteiger charge is -2.22. The summed E-state index contributed by atoms with van der Waals surface area (Å²) >= 11 is 0. The van der Waals surface area contributed by atoms with Gasteiger partial charge in [0.1, 0.15) is 17.7 Å². The molecule has 0 unspecified atom stereocenters. The fraction of sp³-hybridized carbons (Fsp3) is 0.727. The predicted octanol–water partition coefficient (Wildman–Crippen LogP) is 0.489. The van der Waals surface area contributed by atoms with E-state index in [0.29, 0.717) is 0 Å². The van der Waals surface area contributed by atoms with E-state index in [-0.39, 0.29) is 0 Å². The van der Waals surface area contributed by atoms with E-state index >= 15 is 0 Å². The molecule has 2 amide bonds. The summed E-state index contributed by atoms with van der Waals surface area (Å²) in [5.74, 6) is -1.73. The molecule has 3 N–H and O–H groups in total. The van der Waals surface area contributed by atoms with Gasteiger partial charge in [-0.1, -0.05) is 0 Å². The number of hydrogen-bond acceptors (Lipinski definition) is 4. The zero-order chi connectivity index (χ0) is 14.5. The first-order valence-corrected chi connectivity index (χ1v) is 5.55. The van der Waals surface area contributed by atoms with Gasteiger partial charge in [-0.2, -0.15) is 0 Å². The number of amides is 2. The Kier molecular flexibility index (Phi) is 5.61. The van der Waals surface area contributed by atoms with Gasteiger partial charge in [-0.25, -0.2) is 4.79 Å². The van der Waals surface area contributed by atoms with Crippen LogP contribution in [0.1, 0.15) is 34.6 Å². The largest absolute Gasteiger partial charge is 0.480 e. The highest BCUT2D eigenvalue weighted by atomic mass is 16.6. The van der Waals surface area contributed by atoms with Crippen LogP contribution < -0.4 is 10.6 Å². The number of alkyl carbamates (subject to hydrolysis) is 1. The maximum atomic E-state index is 11.5. The summed E-state index contributed by atoms with van der Waals surface area (Å²) in [6, 6.07) is -1.89. The van der Waals surface area contributed by atoms with Gasteiger partial charge in [0.15, 0.2) is 0 Å². The average molecular weight is 260 g/mol. The van der Waals surface area contributed by atoms with Crippen molar-refractivity contribution in [2.75, 3.05) is 0 Å². The van der Waals surface area contributed by atoms with Crippen molar-refractivity contribution >= 4 is 18.0 Å². The van der Waals surface area contributed by atoms with Crippen molar-refractivity contribution < 1.29 is 24.2 Å². The molecule has 0 saturated carbocycles. The Morgan fingerprint density at radius 1 is 1.06 bits per heavy atom. The molecule has 18 heavy (non-hydrogen) atoms. The number of rotatable bonds is 4. The number of aliphatic carboxylic acids is 1. The van der Waals surface area contributed by atoms with E-state index in [0.717, 1.165) is 0 Å². The van der Waals surface area contributed by atoms with Crippen LogP contribution in [0, 0.1) is 0 Å². The summed E-state index contributed by atoms with van der Waals surface area (Å²) in [6.45, 7) is 7.87. The minimum atomic E-state index is -1.15. The van der Waals surface area contributed by atoms with Crippen molar-refractivity contribution in [3.8, 4) is 0 Å². The van der Waals surface area contributed by atoms with Crippen LogP contribution in [0.4, 0.5) is 4.79 Å². The lowest BCUT2D eigenvalue weighted by atomic mass is 10.2. The molecule has 0 spiro atoms. The van der Waals surface area contributed by atoms with Crippen molar-refractivity contribution in [1.29, 1.82) is 0 Å². The second kappa shape index (κ2) is 6.23. The molecule has 0 aromatic rings. The first-order valence-electron chi connectivity index (χ1n) is 5.55. The first kappa shape index (κ1) is 16.2. The molecular formula is C11H20N2O5. The molecule has 0 aliphatic heterocycles. The molecule has 2 atom stereocenters. The Bertz CT molecular complexity index is 335. The van der Waals surface area contributed by atoms with Gasteiger partial charge in [-0.05, 0) is 34.6 Å². The lowest BCUT2D eigenvalue weighted by Crippen LogP contribution is -2.50. The molecule has 7 nitrogen and oxygen atoms in total. The molecule has 0 aromatic carbocycles. The van der Waals surface area contributed by atoms with Crippen molar-refractivity contribution in [3.63, 3.8) is 0 Å². The minimum absolute atomic E-state index is 0.587. The predicted molar refractivity (Wildman–Crippen MR) is 64.1 cm³/mol. The highest BCUT2D eigenvalue weighted by molar-refractivity contribution is 5.88. The fourth-order valence-corrected chi connectivity index (χ4v) is 0.950. The maximum absolute atomic E-state index is 11.5. The lowest BCUT2D eigenvalue weighted by molar-refractivity contribution is -0.141. The van der Waals surface area contributed by atoms with Gasteiger partial charge >= 0.3 is 12.1 Å². The topological polar surface area (TPSA) is 105 Å². The summed E-state index contributed by atoms with van der Waals surface area (Å²) in [7, 11) is 0. The van der Waals surface area contributed by atoms with Crippen LogP contribution >= 0.6 is 0 Å². The second-order valence-corrected chi connectivity index (χ2v) is 4.94. The number of nitrogens with one attached hydrogen (secondary N) is 2. The molecule has 104 valence electrons. The molecule has 0 radical (unpaired) electrons. The van der Waals surface area contributed by atoms with Crippen molar-refractivity contribution in [2.45, 2.75) is 52.3 Å². The highest BCUT2D eigenvalue weighted by Crippen LogP contribution is 2.06. The summed E-state index contributed by atoms with van der Waals surface area (Å²) in [5, 5.41) is 13.2. The summed E-state index contributed by atoms with van der Waals surface area (Å²) < 4.78 is 4.96. The van der Waals surface area contributed by atoms with Crippen LogP contribution in [0.3, 0.4) is 0 Å². The normalized spacial score (nSPS) is 14.3. The molecule has 0 bridgehead atoms. The van der Waals surface area contributed by atoms with E-state index in [9.17, 15) is 14.4 Å². The van der Waals surface area contributed by atoms with Gasteiger partial charge < -0.3 is 20.5 Å². The number of ether oxygens (including phenoxy) is 1. The Labute approximate surface area is 106 Å². The van der Waals surface area contributed by atoms with Crippen LogP contribution in [0.15, 0.2) is 0 Å². The molecule has 0 saturated heterocycles. The van der Waals surface area contributed by atoms with E-state index in [1.54, 1.807) is 20.8 Å². The van der Waals surface area contributed by atoms with Crippen LogP contribution in [0.2, 0.25) is 0 Å². The number of carbonyl (C=O) groups excluding carboxylic acids is 2. The maximum Gasteiger partial charge on any atom is 0.408 e. The second-order valence-electron chi connectivity index (χ2n) is 4.94. The van der Waals surface area contributed by atoms with E-state index in [1.807, 2.05) is 0 Å². The summed E-state index contributed by atoms with van der Waals surface area (Å²) in [5.41, 5.74) is -0.658. The average Bonchev–Trinajstić information content (AvgIpc) is 2.13. The van der Waals surface area contributed by atoms with Crippen LogP contribution in [0.25, 0.3) is 0 Å². The Balaban J connectivity index is 4.24. The minimum Gasteiger partial charge on any atom is -0.480 e. The Hall–Kier alpha value is -1.79. The van der Waals surface area contributed by atoms with Crippen molar-refractivity contribution in [3.05, 3.63) is 0 Å². The van der Waals surface area contributed by atoms with Crippen molar-refractivity contribution in [1.82, 2.24) is 10.6 Å². The molecular weight excluding hydrogens is 240 g/mol. The van der Waals surface area contributed by atoms with Crippen LogP contribution in [-0.2, 0) is 14.3 Å². The molecule has 0 heterocycles. The SMILES string of the molecule is C[C@H](NC(=O)[C@@H](C)NC(=O)OC(C)(C)C)C(=O)O. The van der Waals surface area contributed by atoms with Gasteiger partial charge in [0.05, 0.1) is 0 Å². The van der Waals surface area contributed by atoms with Gasteiger partial charge in [0.2, 0.25) is 5.91 Å². The molecule has 0 rings (SSSR count). The third-order valence-corrected chi connectivity index (χ3v) is 1.86. The van der Waals surface area contributed by atoms with E-state index in [4.69, 9.17) is 9.84 Å². The van der Waals surface area contributed by atoms with E-state index in [2.05, 4.69) is 10.6 Å². The number of carboxylic acids is 1. The zero-order valence-corrected chi connectivity index (χ0v) is 11.2. The molecule has 7 heteroatoms. The molecule has 0 aliphatic carbocycles. The smallest absolute Gasteiger partial charge is 0.408 e. The van der Waals surface area contributed by atoms with Gasteiger partial charge in [-0.15, -0.1) is 0 Å². The Morgan fingerprint density at radius 2 is 1.56 bits per heavy atom. The monoisotopic (exact) mass is 260 g/mol. The van der Waals surface area contributed by atoms with Crippen molar-refractivity contribution in [2.24, 2.45) is 0 Å². The number of hydrogen-bond donors (Lipinski definition) is 3. The third kappa shape index (κ3) is 6.72. The number of carboxylic acid groups (broad SMARTS) is 1. The molecule has 0 aliphatic rings. The zero-order valence-electron chi connectivity index (χ0n) is 11.2. The summed E-state index contributed by atoms with van der Waals surface area (Å²) in [4.78, 5) is 33.4. The van der Waals surface area contributed by atoms with E-state index < -0.39 is 35.7 Å². The van der Waals surface area contributed by atoms with Crippen LogP contribution in [-0.4, -0.2) is 40.8 Å². The van der Waals surface area contributed by atoms with Gasteiger partial charge in [-0.3, -0.25) is 9.59 Å². The fourth-order valence-electron chi connectivity index (χ4n) is 0.950. The highest BCUT2D eigenvalue weighted by Gasteiger charge is 2.23. The number of carbonyl (C=O) groups is 3. The quantitative estimate of drug-likeness (QED) is 0.682. The third-order valence-electron chi connectivity index (χ3n) is 1.86. The molecule has 0 aromatic heterocycles. The summed E-state index contributed by atoms with van der Waals surface area (Å²) in [6.07, 6.45) is -0.729.